The fourth-order valence-electron chi connectivity index (χ4n) is 2.31. The maximum Gasteiger partial charge on any atom is 0.236 e. The summed E-state index contributed by atoms with van der Waals surface area (Å²) in [6, 6.07) is 0.278. The zero-order valence-corrected chi connectivity index (χ0v) is 12.8. The van der Waals surface area contributed by atoms with Crippen LogP contribution in [-0.4, -0.2) is 79.5 Å². The van der Waals surface area contributed by atoms with E-state index < -0.39 is 0 Å². The average molecular weight is 270 g/mol. The van der Waals surface area contributed by atoms with Gasteiger partial charge in [0.2, 0.25) is 5.91 Å². The van der Waals surface area contributed by atoms with E-state index in [0.717, 1.165) is 52.1 Å². The largest absolute Gasteiger partial charge is 0.342 e. The Hall–Kier alpha value is -0.650. The highest BCUT2D eigenvalue weighted by Gasteiger charge is 2.19. The van der Waals surface area contributed by atoms with Crippen molar-refractivity contribution in [3.05, 3.63) is 0 Å². The molecule has 1 amide bonds. The predicted molar refractivity (Wildman–Crippen MR) is 79.1 cm³/mol. The smallest absolute Gasteiger partial charge is 0.236 e. The van der Waals surface area contributed by atoms with Gasteiger partial charge in [-0.3, -0.25) is 9.69 Å². The summed E-state index contributed by atoms with van der Waals surface area (Å²) in [6.45, 7) is 10.7. The van der Waals surface area contributed by atoms with Crippen molar-refractivity contribution in [3.63, 3.8) is 0 Å². The Bertz CT molecular complexity index is 270. The first-order valence-corrected chi connectivity index (χ1v) is 7.45. The van der Waals surface area contributed by atoms with Crippen molar-refractivity contribution in [3.8, 4) is 0 Å². The first kappa shape index (κ1) is 16.4. The summed E-state index contributed by atoms with van der Waals surface area (Å²) in [6.07, 6.45) is 2.21. The third-order valence-electron chi connectivity index (χ3n) is 3.89. The predicted octanol–water partition coefficient (Wildman–Crippen LogP) is 0.210. The maximum atomic E-state index is 12.1. The summed E-state index contributed by atoms with van der Waals surface area (Å²) >= 11 is 0. The fourth-order valence-corrected chi connectivity index (χ4v) is 2.31. The van der Waals surface area contributed by atoms with Gasteiger partial charge in [-0.25, -0.2) is 0 Å². The highest BCUT2D eigenvalue weighted by Crippen LogP contribution is 2.05. The molecule has 0 aromatic rings. The molecule has 0 radical (unpaired) electrons. The summed E-state index contributed by atoms with van der Waals surface area (Å²) in [7, 11) is 1.89. The van der Waals surface area contributed by atoms with E-state index in [4.69, 9.17) is 5.73 Å². The molecule has 1 fully saturated rings. The monoisotopic (exact) mass is 270 g/mol. The molecule has 19 heavy (non-hydrogen) atoms. The topological polar surface area (TPSA) is 52.8 Å². The molecule has 1 aliphatic heterocycles. The first-order chi connectivity index (χ1) is 9.04. The SMILES string of the molecule is CC(C)N(C)C(=O)CN1CCCN(CCCN)CC1. The lowest BCUT2D eigenvalue weighted by Gasteiger charge is -2.26. The van der Waals surface area contributed by atoms with Crippen LogP contribution >= 0.6 is 0 Å². The summed E-state index contributed by atoms with van der Waals surface area (Å²) in [5.41, 5.74) is 5.55. The van der Waals surface area contributed by atoms with Crippen LogP contribution in [-0.2, 0) is 4.79 Å². The minimum atomic E-state index is 0.227. The zero-order chi connectivity index (χ0) is 14.3. The third kappa shape index (κ3) is 5.89. The van der Waals surface area contributed by atoms with Crippen molar-refractivity contribution in [1.82, 2.24) is 14.7 Å². The van der Waals surface area contributed by atoms with E-state index in [1.165, 1.54) is 0 Å². The van der Waals surface area contributed by atoms with Crippen LogP contribution in [0.4, 0.5) is 0 Å². The van der Waals surface area contributed by atoms with Crippen molar-refractivity contribution >= 4 is 5.91 Å². The molecule has 0 aromatic carbocycles. The molecule has 0 unspecified atom stereocenters. The molecular formula is C14H30N4O. The lowest BCUT2D eigenvalue weighted by Crippen LogP contribution is -2.42. The molecule has 1 saturated heterocycles. The van der Waals surface area contributed by atoms with Gasteiger partial charge in [0.05, 0.1) is 6.54 Å². The molecular weight excluding hydrogens is 240 g/mol. The summed E-state index contributed by atoms with van der Waals surface area (Å²) < 4.78 is 0. The lowest BCUT2D eigenvalue weighted by atomic mass is 10.3. The molecule has 1 rings (SSSR count). The minimum absolute atomic E-state index is 0.227. The molecule has 2 N–H and O–H groups in total. The van der Waals surface area contributed by atoms with E-state index >= 15 is 0 Å². The molecule has 0 aliphatic carbocycles. The van der Waals surface area contributed by atoms with Gasteiger partial charge in [0.1, 0.15) is 0 Å². The number of hydrogen-bond acceptors (Lipinski definition) is 4. The number of nitrogens with two attached hydrogens (primary N) is 1. The second-order valence-corrected chi connectivity index (χ2v) is 5.71. The molecule has 0 bridgehead atoms. The van der Waals surface area contributed by atoms with Crippen LogP contribution in [0.15, 0.2) is 0 Å². The highest BCUT2D eigenvalue weighted by molar-refractivity contribution is 5.78. The third-order valence-corrected chi connectivity index (χ3v) is 3.89. The van der Waals surface area contributed by atoms with Gasteiger partial charge in [-0.2, -0.15) is 0 Å². The van der Waals surface area contributed by atoms with E-state index in [1.807, 2.05) is 11.9 Å². The van der Waals surface area contributed by atoms with Crippen LogP contribution in [0.2, 0.25) is 0 Å². The Kier molecular flexibility index (Phi) is 7.34. The van der Waals surface area contributed by atoms with Crippen LogP contribution in [0.25, 0.3) is 0 Å². The van der Waals surface area contributed by atoms with E-state index in [2.05, 4.69) is 23.6 Å². The van der Waals surface area contributed by atoms with Crippen molar-refractivity contribution in [2.24, 2.45) is 5.73 Å². The number of likely N-dealkylation sites (N-methyl/N-ethyl adjacent to an activating group) is 1. The molecule has 0 spiro atoms. The van der Waals surface area contributed by atoms with Crippen molar-refractivity contribution in [2.75, 3.05) is 52.9 Å². The molecule has 5 nitrogen and oxygen atoms in total. The Balaban J connectivity index is 2.34. The normalized spacial score (nSPS) is 18.6. The van der Waals surface area contributed by atoms with Gasteiger partial charge in [-0.05, 0) is 52.9 Å². The number of carbonyl (C=O) groups is 1. The van der Waals surface area contributed by atoms with E-state index in [1.54, 1.807) is 0 Å². The lowest BCUT2D eigenvalue weighted by molar-refractivity contribution is -0.132. The summed E-state index contributed by atoms with van der Waals surface area (Å²) in [5, 5.41) is 0. The van der Waals surface area contributed by atoms with Crippen LogP contribution in [0.5, 0.6) is 0 Å². The molecule has 1 aliphatic rings. The maximum absolute atomic E-state index is 12.1. The average Bonchev–Trinajstić information content (AvgIpc) is 2.60. The second-order valence-electron chi connectivity index (χ2n) is 5.71. The Morgan fingerprint density at radius 1 is 1.21 bits per heavy atom. The van der Waals surface area contributed by atoms with Gasteiger partial charge in [-0.1, -0.05) is 0 Å². The number of rotatable bonds is 6. The molecule has 0 saturated carbocycles. The summed E-state index contributed by atoms with van der Waals surface area (Å²) in [4.78, 5) is 18.6. The van der Waals surface area contributed by atoms with E-state index in [0.29, 0.717) is 6.54 Å². The van der Waals surface area contributed by atoms with Gasteiger partial charge < -0.3 is 15.5 Å². The van der Waals surface area contributed by atoms with Crippen LogP contribution in [0.1, 0.15) is 26.7 Å². The molecule has 5 heteroatoms. The van der Waals surface area contributed by atoms with Crippen LogP contribution in [0, 0.1) is 0 Å². The van der Waals surface area contributed by atoms with Crippen LogP contribution in [0.3, 0.4) is 0 Å². The first-order valence-electron chi connectivity index (χ1n) is 7.45. The standard InChI is InChI=1S/C14H30N4O/c1-13(2)16(3)14(19)12-18-9-5-8-17(10-11-18)7-4-6-15/h13H,4-12,15H2,1-3H3. The Morgan fingerprint density at radius 2 is 1.84 bits per heavy atom. The minimum Gasteiger partial charge on any atom is -0.342 e. The highest BCUT2D eigenvalue weighted by atomic mass is 16.2. The summed E-state index contributed by atoms with van der Waals surface area (Å²) in [5.74, 6) is 0.227. The van der Waals surface area contributed by atoms with Crippen LogP contribution < -0.4 is 5.73 Å². The number of nitrogens with zero attached hydrogens (tertiary/aromatic N) is 3. The van der Waals surface area contributed by atoms with E-state index in [-0.39, 0.29) is 11.9 Å². The van der Waals surface area contributed by atoms with Gasteiger partial charge in [-0.15, -0.1) is 0 Å². The number of carbonyl (C=O) groups excluding carboxylic acids is 1. The zero-order valence-electron chi connectivity index (χ0n) is 12.8. The number of amides is 1. The molecule has 112 valence electrons. The van der Waals surface area contributed by atoms with E-state index in [9.17, 15) is 4.79 Å². The Labute approximate surface area is 117 Å². The van der Waals surface area contributed by atoms with Gasteiger partial charge in [0.15, 0.2) is 0 Å². The van der Waals surface area contributed by atoms with Crippen molar-refractivity contribution in [1.29, 1.82) is 0 Å². The quantitative estimate of drug-likeness (QED) is 0.750. The fraction of sp³-hybridized carbons (Fsp3) is 0.929. The molecule has 0 atom stereocenters. The van der Waals surface area contributed by atoms with Gasteiger partial charge in [0.25, 0.3) is 0 Å². The molecule has 0 aromatic heterocycles. The molecule has 1 heterocycles. The second kappa shape index (κ2) is 8.51. The number of hydrogen-bond donors (Lipinski definition) is 1. The van der Waals surface area contributed by atoms with Crippen molar-refractivity contribution in [2.45, 2.75) is 32.7 Å². The Morgan fingerprint density at radius 3 is 2.47 bits per heavy atom. The van der Waals surface area contributed by atoms with Crippen molar-refractivity contribution < 1.29 is 4.79 Å². The van der Waals surface area contributed by atoms with Gasteiger partial charge in [0, 0.05) is 26.2 Å². The van der Waals surface area contributed by atoms with Gasteiger partial charge >= 0.3 is 0 Å².